The fraction of sp³-hybridized carbons (Fsp3) is 0.111. The first-order valence-corrected chi connectivity index (χ1v) is 4.06. The molecule has 0 fully saturated rings. The maximum Gasteiger partial charge on any atom is 0.261 e. The normalized spacial score (nSPS) is 14.1. The summed E-state index contributed by atoms with van der Waals surface area (Å²) in [6.07, 6.45) is 0. The van der Waals surface area contributed by atoms with Crippen LogP contribution in [0.2, 0.25) is 0 Å². The maximum absolute atomic E-state index is 11.3. The molecule has 0 aliphatic carbocycles. The van der Waals surface area contributed by atoms with Crippen LogP contribution >= 0.6 is 0 Å². The zero-order valence-corrected chi connectivity index (χ0v) is 7.55. The second kappa shape index (κ2) is 2.47. The molecule has 5 N–H and O–H groups in total. The van der Waals surface area contributed by atoms with Crippen LogP contribution in [0.25, 0.3) is 0 Å². The lowest BCUT2D eigenvalue weighted by molar-refractivity contribution is 0.0880. The van der Waals surface area contributed by atoms with Crippen LogP contribution in [-0.2, 0) is 0 Å². The van der Waals surface area contributed by atoms with Gasteiger partial charge in [0.15, 0.2) is 0 Å². The van der Waals surface area contributed by atoms with Crippen molar-refractivity contribution < 1.29 is 9.59 Å². The Morgan fingerprint density at radius 3 is 2.43 bits per heavy atom. The summed E-state index contributed by atoms with van der Waals surface area (Å²) in [7, 11) is 0. The highest BCUT2D eigenvalue weighted by Gasteiger charge is 2.30. The molecular formula is C9H9N3O2. The van der Waals surface area contributed by atoms with Gasteiger partial charge in [0.2, 0.25) is 0 Å². The van der Waals surface area contributed by atoms with Gasteiger partial charge in [-0.1, -0.05) is 0 Å². The molecule has 5 nitrogen and oxygen atoms in total. The Morgan fingerprint density at radius 1 is 1.14 bits per heavy atom. The van der Waals surface area contributed by atoms with Crippen molar-refractivity contribution in [2.24, 2.45) is 0 Å². The van der Waals surface area contributed by atoms with Crippen molar-refractivity contribution in [1.29, 1.82) is 0 Å². The smallest absolute Gasteiger partial charge is 0.261 e. The minimum atomic E-state index is -0.478. The topological polar surface area (TPSA) is 98.2 Å². The molecule has 72 valence electrons. The summed E-state index contributed by atoms with van der Waals surface area (Å²) >= 11 is 0. The van der Waals surface area contributed by atoms with Crippen LogP contribution in [0.4, 0.5) is 11.4 Å². The van der Waals surface area contributed by atoms with Gasteiger partial charge in [0, 0.05) is 0 Å². The minimum Gasteiger partial charge on any atom is -0.397 e. The number of nitrogens with one attached hydrogen (secondary N) is 1. The van der Waals surface area contributed by atoms with E-state index in [2.05, 4.69) is 5.32 Å². The van der Waals surface area contributed by atoms with Gasteiger partial charge in [0.05, 0.1) is 22.5 Å². The number of nitrogens with two attached hydrogens (primary N) is 2. The van der Waals surface area contributed by atoms with Gasteiger partial charge < -0.3 is 11.5 Å². The lowest BCUT2D eigenvalue weighted by atomic mass is 10.0. The van der Waals surface area contributed by atoms with Crippen molar-refractivity contribution in [3.8, 4) is 0 Å². The Labute approximate surface area is 80.1 Å². The average Bonchev–Trinajstić information content (AvgIpc) is 2.38. The molecule has 1 aromatic carbocycles. The van der Waals surface area contributed by atoms with Gasteiger partial charge in [0.1, 0.15) is 0 Å². The predicted molar refractivity (Wildman–Crippen MR) is 51.8 cm³/mol. The number of hydrogen-bond donors (Lipinski definition) is 3. The fourth-order valence-corrected chi connectivity index (χ4v) is 1.52. The molecule has 1 aromatic rings. The number of fused-ring (bicyclic) bond motifs is 1. The summed E-state index contributed by atoms with van der Waals surface area (Å²) in [4.78, 5) is 22.6. The van der Waals surface area contributed by atoms with E-state index in [4.69, 9.17) is 11.5 Å². The first-order chi connectivity index (χ1) is 6.52. The summed E-state index contributed by atoms with van der Waals surface area (Å²) in [5.74, 6) is -0.894. The molecule has 0 spiro atoms. The maximum atomic E-state index is 11.3. The van der Waals surface area contributed by atoms with E-state index in [9.17, 15) is 9.59 Å². The SMILES string of the molecule is Cc1cc2c(c(N)c1N)C(=O)NC2=O. The summed E-state index contributed by atoms with van der Waals surface area (Å²) in [6, 6.07) is 1.57. The van der Waals surface area contributed by atoms with Crippen LogP contribution in [-0.4, -0.2) is 11.8 Å². The lowest BCUT2D eigenvalue weighted by Gasteiger charge is -2.07. The molecular weight excluding hydrogens is 182 g/mol. The number of anilines is 2. The number of benzene rings is 1. The first-order valence-electron chi connectivity index (χ1n) is 4.06. The van der Waals surface area contributed by atoms with E-state index in [-0.39, 0.29) is 11.3 Å². The molecule has 5 heteroatoms. The largest absolute Gasteiger partial charge is 0.397 e. The Hall–Kier alpha value is -2.04. The van der Waals surface area contributed by atoms with Crippen LogP contribution in [0.5, 0.6) is 0 Å². The van der Waals surface area contributed by atoms with E-state index in [1.165, 1.54) is 0 Å². The van der Waals surface area contributed by atoms with Gasteiger partial charge in [-0.05, 0) is 18.6 Å². The van der Waals surface area contributed by atoms with Crippen LogP contribution in [0.3, 0.4) is 0 Å². The standard InChI is InChI=1S/C9H9N3O2/c1-3-2-4-5(7(11)6(3)10)9(14)12-8(4)13/h2H,10-11H2,1H3,(H,12,13,14). The fourth-order valence-electron chi connectivity index (χ4n) is 1.52. The molecule has 1 aliphatic rings. The molecule has 14 heavy (non-hydrogen) atoms. The number of hydrogen-bond acceptors (Lipinski definition) is 4. The van der Waals surface area contributed by atoms with Crippen molar-refractivity contribution in [2.45, 2.75) is 6.92 Å². The summed E-state index contributed by atoms with van der Waals surface area (Å²) in [5.41, 5.74) is 13.0. The van der Waals surface area contributed by atoms with Gasteiger partial charge in [-0.25, -0.2) is 0 Å². The van der Waals surface area contributed by atoms with Crippen LogP contribution in [0.15, 0.2) is 6.07 Å². The van der Waals surface area contributed by atoms with E-state index >= 15 is 0 Å². The summed E-state index contributed by atoms with van der Waals surface area (Å²) in [6.45, 7) is 1.74. The molecule has 1 heterocycles. The number of imide groups is 1. The van der Waals surface area contributed by atoms with Gasteiger partial charge >= 0.3 is 0 Å². The number of aryl methyl sites for hydroxylation is 1. The van der Waals surface area contributed by atoms with Crippen molar-refractivity contribution in [1.82, 2.24) is 5.32 Å². The Bertz CT molecular complexity index is 466. The minimum absolute atomic E-state index is 0.184. The van der Waals surface area contributed by atoms with Crippen LogP contribution in [0.1, 0.15) is 26.3 Å². The van der Waals surface area contributed by atoms with Crippen molar-refractivity contribution in [3.63, 3.8) is 0 Å². The third-order valence-corrected chi connectivity index (χ3v) is 2.31. The molecule has 0 bridgehead atoms. The van der Waals surface area contributed by atoms with Crippen LogP contribution < -0.4 is 16.8 Å². The number of amides is 2. The van der Waals surface area contributed by atoms with Crippen molar-refractivity contribution >= 4 is 23.2 Å². The number of nitrogen functional groups attached to an aromatic ring is 2. The Balaban J connectivity index is 2.82. The third-order valence-electron chi connectivity index (χ3n) is 2.31. The quantitative estimate of drug-likeness (QED) is 0.398. The van der Waals surface area contributed by atoms with E-state index in [1.807, 2.05) is 0 Å². The second-order valence-electron chi connectivity index (χ2n) is 3.23. The Kier molecular flexibility index (Phi) is 1.51. The van der Waals surface area contributed by atoms with Gasteiger partial charge in [-0.15, -0.1) is 0 Å². The third kappa shape index (κ3) is 0.891. The van der Waals surface area contributed by atoms with Gasteiger partial charge in [-0.2, -0.15) is 0 Å². The molecule has 0 saturated carbocycles. The summed E-state index contributed by atoms with van der Waals surface area (Å²) < 4.78 is 0. The molecule has 0 aromatic heterocycles. The van der Waals surface area contributed by atoms with E-state index in [0.717, 1.165) is 0 Å². The van der Waals surface area contributed by atoms with E-state index < -0.39 is 11.8 Å². The van der Waals surface area contributed by atoms with Gasteiger partial charge in [0.25, 0.3) is 11.8 Å². The molecule has 0 saturated heterocycles. The monoisotopic (exact) mass is 191 g/mol. The Morgan fingerprint density at radius 2 is 1.79 bits per heavy atom. The molecule has 1 aliphatic heterocycles. The molecule has 2 amide bonds. The predicted octanol–water partition coefficient (Wildman–Crippen LogP) is 0.0430. The highest BCUT2D eigenvalue weighted by atomic mass is 16.2. The van der Waals surface area contributed by atoms with E-state index in [0.29, 0.717) is 16.8 Å². The van der Waals surface area contributed by atoms with Crippen LogP contribution in [0, 0.1) is 6.92 Å². The number of carbonyl (C=O) groups is 2. The number of rotatable bonds is 0. The van der Waals surface area contributed by atoms with E-state index in [1.54, 1.807) is 13.0 Å². The average molecular weight is 191 g/mol. The van der Waals surface area contributed by atoms with Crippen molar-refractivity contribution in [3.05, 3.63) is 22.8 Å². The molecule has 0 radical (unpaired) electrons. The zero-order valence-electron chi connectivity index (χ0n) is 7.55. The first kappa shape index (κ1) is 8.55. The molecule has 0 atom stereocenters. The van der Waals surface area contributed by atoms with Gasteiger partial charge in [-0.3, -0.25) is 14.9 Å². The number of carbonyl (C=O) groups excluding carboxylic acids is 2. The molecule has 0 unspecified atom stereocenters. The summed E-state index contributed by atoms with van der Waals surface area (Å²) in [5, 5.41) is 2.16. The highest BCUT2D eigenvalue weighted by molar-refractivity contribution is 6.24. The highest BCUT2D eigenvalue weighted by Crippen LogP contribution is 2.30. The van der Waals surface area contributed by atoms with Crippen molar-refractivity contribution in [2.75, 3.05) is 11.5 Å². The zero-order chi connectivity index (χ0) is 10.5. The lowest BCUT2D eigenvalue weighted by Crippen LogP contribution is -2.20. The second-order valence-corrected chi connectivity index (χ2v) is 3.23. The molecule has 2 rings (SSSR count).